The monoisotopic (exact) mass is 299 g/mol. The number of nitrogen functional groups attached to an aromatic ring is 1. The normalized spacial score (nSPS) is 11.2. The molecule has 20 heavy (non-hydrogen) atoms. The van der Waals surface area contributed by atoms with E-state index in [9.17, 15) is 18.5 Å². The Morgan fingerprint density at radius 1 is 1.45 bits per heavy atom. The average Bonchev–Trinajstić information content (AvgIpc) is 2.73. The molecule has 0 aliphatic heterocycles. The second-order valence-corrected chi connectivity index (χ2v) is 5.41. The highest BCUT2D eigenvalue weighted by Gasteiger charge is 2.21. The Balaban J connectivity index is 2.35. The Hall–Kier alpha value is -2.69. The maximum absolute atomic E-state index is 12.0. The molecule has 2 aromatic rings. The minimum atomic E-state index is -4.01. The smallest absolute Gasteiger partial charge is 0.335 e. The molecule has 0 bridgehead atoms. The molecule has 0 fully saturated rings. The molecule has 3 N–H and O–H groups in total. The number of nitro groups is 1. The first kappa shape index (κ1) is 13.7. The summed E-state index contributed by atoms with van der Waals surface area (Å²) in [5, 5.41) is 14.0. The Bertz CT molecular complexity index is 769. The molecule has 0 unspecified atom stereocenters. The molecular formula is C9H9N5O5S. The molecule has 0 saturated carbocycles. The third-order valence-corrected chi connectivity index (χ3v) is 3.57. The summed E-state index contributed by atoms with van der Waals surface area (Å²) in [5.41, 5.74) is 4.79. The largest absolute Gasteiger partial charge is 0.393 e. The summed E-state index contributed by atoms with van der Waals surface area (Å²) in [6.45, 7) is 1.52. The first-order valence-corrected chi connectivity index (χ1v) is 6.65. The molecule has 10 nitrogen and oxygen atoms in total. The van der Waals surface area contributed by atoms with E-state index in [0.29, 0.717) is 0 Å². The van der Waals surface area contributed by atoms with Crippen LogP contribution in [0.5, 0.6) is 0 Å². The second kappa shape index (κ2) is 4.77. The Morgan fingerprint density at radius 3 is 2.65 bits per heavy atom. The second-order valence-electron chi connectivity index (χ2n) is 3.73. The number of anilines is 2. The van der Waals surface area contributed by atoms with Crippen molar-refractivity contribution in [2.45, 2.75) is 11.8 Å². The molecular weight excluding hydrogens is 290 g/mol. The van der Waals surface area contributed by atoms with Gasteiger partial charge in [-0.2, -0.15) is 4.98 Å². The van der Waals surface area contributed by atoms with Gasteiger partial charge in [0.25, 0.3) is 15.7 Å². The number of nitro benzene ring substituents is 1. The van der Waals surface area contributed by atoms with Crippen molar-refractivity contribution in [3.63, 3.8) is 0 Å². The van der Waals surface area contributed by atoms with Crippen LogP contribution in [0.3, 0.4) is 0 Å². The van der Waals surface area contributed by atoms with Crippen molar-refractivity contribution in [2.24, 2.45) is 0 Å². The number of nitrogens with zero attached hydrogens (tertiary/aromatic N) is 3. The van der Waals surface area contributed by atoms with Gasteiger partial charge in [-0.25, -0.2) is 13.1 Å². The van der Waals surface area contributed by atoms with E-state index in [1.807, 2.05) is 4.72 Å². The van der Waals surface area contributed by atoms with Crippen LogP contribution < -0.4 is 10.5 Å². The van der Waals surface area contributed by atoms with Gasteiger partial charge < -0.3 is 10.3 Å². The average molecular weight is 299 g/mol. The standard InChI is InChI=1S/C9H9N5O5S/c1-5-11-9(19-12-5)13-20(17,18)6-2-3-8(14(15)16)7(10)4-6/h2-4H,10H2,1H3,(H,11,12,13). The van der Waals surface area contributed by atoms with Crippen LogP contribution in [0.25, 0.3) is 0 Å². The zero-order valence-electron chi connectivity index (χ0n) is 10.1. The van der Waals surface area contributed by atoms with Crippen LogP contribution in [-0.4, -0.2) is 23.5 Å². The predicted octanol–water partition coefficient (Wildman–Crippen LogP) is 0.669. The molecule has 0 amide bonds. The van der Waals surface area contributed by atoms with Crippen molar-refractivity contribution in [1.82, 2.24) is 10.1 Å². The van der Waals surface area contributed by atoms with Crippen molar-refractivity contribution < 1.29 is 17.9 Å². The van der Waals surface area contributed by atoms with E-state index in [2.05, 4.69) is 14.7 Å². The van der Waals surface area contributed by atoms with E-state index in [4.69, 9.17) is 5.73 Å². The van der Waals surface area contributed by atoms with Gasteiger partial charge in [0.15, 0.2) is 5.82 Å². The molecule has 2 rings (SSSR count). The van der Waals surface area contributed by atoms with Crippen LogP contribution in [0, 0.1) is 17.0 Å². The zero-order valence-corrected chi connectivity index (χ0v) is 10.9. The van der Waals surface area contributed by atoms with Crippen LogP contribution in [0.15, 0.2) is 27.6 Å². The number of hydrogen-bond acceptors (Lipinski definition) is 8. The molecule has 0 radical (unpaired) electrons. The van der Waals surface area contributed by atoms with E-state index < -0.39 is 14.9 Å². The number of aromatic nitrogens is 2. The Kier molecular flexibility index (Phi) is 3.28. The SMILES string of the molecule is Cc1noc(NS(=O)(=O)c2ccc([N+](=O)[O-])c(N)c2)n1. The lowest BCUT2D eigenvalue weighted by atomic mass is 10.3. The van der Waals surface area contributed by atoms with Crippen LogP contribution in [0.2, 0.25) is 0 Å². The summed E-state index contributed by atoms with van der Waals surface area (Å²) in [6, 6.07) is 2.73. The fraction of sp³-hybridized carbons (Fsp3) is 0.111. The van der Waals surface area contributed by atoms with Crippen LogP contribution in [0.1, 0.15) is 5.82 Å². The summed E-state index contributed by atoms with van der Waals surface area (Å²) in [5.74, 6) is 0.255. The van der Waals surface area contributed by atoms with Gasteiger partial charge >= 0.3 is 6.01 Å². The molecule has 0 spiro atoms. The van der Waals surface area contributed by atoms with Gasteiger partial charge in [0.05, 0.1) is 9.82 Å². The summed E-state index contributed by atoms with van der Waals surface area (Å²) >= 11 is 0. The fourth-order valence-electron chi connectivity index (χ4n) is 1.38. The van der Waals surface area contributed by atoms with Gasteiger partial charge in [-0.15, -0.1) is 0 Å². The maximum Gasteiger partial charge on any atom is 0.335 e. The predicted molar refractivity (Wildman–Crippen MR) is 67.4 cm³/mol. The van der Waals surface area contributed by atoms with Crippen molar-refractivity contribution >= 4 is 27.4 Å². The Labute approximate surface area is 112 Å². The van der Waals surface area contributed by atoms with Gasteiger partial charge in [0, 0.05) is 6.07 Å². The molecule has 1 aromatic heterocycles. The van der Waals surface area contributed by atoms with Gasteiger partial charge in [0.2, 0.25) is 0 Å². The highest BCUT2D eigenvalue weighted by Crippen LogP contribution is 2.25. The fourth-order valence-corrected chi connectivity index (χ4v) is 2.34. The lowest BCUT2D eigenvalue weighted by Gasteiger charge is -2.05. The van der Waals surface area contributed by atoms with Crippen molar-refractivity contribution in [3.05, 3.63) is 34.1 Å². The number of hydrogen-bond donors (Lipinski definition) is 2. The van der Waals surface area contributed by atoms with Gasteiger partial charge in [-0.1, -0.05) is 5.16 Å². The lowest BCUT2D eigenvalue weighted by molar-refractivity contribution is -0.383. The first-order chi connectivity index (χ1) is 9.29. The van der Waals surface area contributed by atoms with Crippen molar-refractivity contribution in [1.29, 1.82) is 0 Å². The van der Waals surface area contributed by atoms with Crippen LogP contribution >= 0.6 is 0 Å². The van der Waals surface area contributed by atoms with E-state index >= 15 is 0 Å². The molecule has 11 heteroatoms. The number of benzene rings is 1. The zero-order chi connectivity index (χ0) is 14.9. The molecule has 0 aliphatic rings. The first-order valence-electron chi connectivity index (χ1n) is 5.16. The summed E-state index contributed by atoms with van der Waals surface area (Å²) in [4.78, 5) is 13.3. The number of sulfonamides is 1. The topological polar surface area (TPSA) is 154 Å². The quantitative estimate of drug-likeness (QED) is 0.474. The van der Waals surface area contributed by atoms with Gasteiger partial charge in [0.1, 0.15) is 5.69 Å². The minimum absolute atomic E-state index is 0.253. The number of rotatable bonds is 4. The molecule has 0 aliphatic carbocycles. The molecule has 106 valence electrons. The minimum Gasteiger partial charge on any atom is -0.393 e. The number of nitrogens with one attached hydrogen (secondary N) is 1. The van der Waals surface area contributed by atoms with Crippen LogP contribution in [0.4, 0.5) is 17.4 Å². The number of nitrogens with two attached hydrogens (primary N) is 1. The van der Waals surface area contributed by atoms with Crippen molar-refractivity contribution in [2.75, 3.05) is 10.5 Å². The Morgan fingerprint density at radius 2 is 2.15 bits per heavy atom. The third kappa shape index (κ3) is 2.66. The van der Waals surface area contributed by atoms with E-state index in [1.54, 1.807) is 0 Å². The van der Waals surface area contributed by atoms with E-state index in [-0.39, 0.29) is 28.1 Å². The maximum atomic E-state index is 12.0. The van der Waals surface area contributed by atoms with Crippen LogP contribution in [-0.2, 0) is 10.0 Å². The third-order valence-electron chi connectivity index (χ3n) is 2.26. The molecule has 1 heterocycles. The molecule has 1 aromatic carbocycles. The number of aryl methyl sites for hydroxylation is 1. The molecule has 0 saturated heterocycles. The van der Waals surface area contributed by atoms with E-state index in [1.165, 1.54) is 6.92 Å². The molecule has 0 atom stereocenters. The van der Waals surface area contributed by atoms with E-state index in [0.717, 1.165) is 18.2 Å². The highest BCUT2D eigenvalue weighted by molar-refractivity contribution is 7.92. The summed E-state index contributed by atoms with van der Waals surface area (Å²) < 4.78 is 30.6. The summed E-state index contributed by atoms with van der Waals surface area (Å²) in [6.07, 6.45) is 0. The van der Waals surface area contributed by atoms with Gasteiger partial charge in [-0.3, -0.25) is 10.1 Å². The van der Waals surface area contributed by atoms with Gasteiger partial charge in [-0.05, 0) is 19.1 Å². The highest BCUT2D eigenvalue weighted by atomic mass is 32.2. The lowest BCUT2D eigenvalue weighted by Crippen LogP contribution is -2.13. The summed E-state index contributed by atoms with van der Waals surface area (Å²) in [7, 11) is -4.01. The van der Waals surface area contributed by atoms with Crippen molar-refractivity contribution in [3.8, 4) is 0 Å².